The van der Waals surface area contributed by atoms with Crippen molar-refractivity contribution in [2.24, 2.45) is 15.4 Å². The van der Waals surface area contributed by atoms with E-state index in [1.54, 1.807) is 6.20 Å². The van der Waals surface area contributed by atoms with Crippen molar-refractivity contribution in [3.8, 4) is 0 Å². The minimum atomic E-state index is 0.00871. The minimum absolute atomic E-state index is 0.00871. The van der Waals surface area contributed by atoms with Gasteiger partial charge in [0.2, 0.25) is 0 Å². The average Bonchev–Trinajstić information content (AvgIpc) is 2.67. The van der Waals surface area contributed by atoms with E-state index in [2.05, 4.69) is 40.7 Å². The molecule has 0 saturated heterocycles. The van der Waals surface area contributed by atoms with Crippen LogP contribution in [-0.4, -0.2) is 28.1 Å². The fourth-order valence-corrected chi connectivity index (χ4v) is 1.35. The highest BCUT2D eigenvalue weighted by molar-refractivity contribution is 6.12. The summed E-state index contributed by atoms with van der Waals surface area (Å²) in [7, 11) is 0. The molecule has 2 heterocycles. The highest BCUT2D eigenvalue weighted by Crippen LogP contribution is 2.20. The number of rotatable bonds is 1. The summed E-state index contributed by atoms with van der Waals surface area (Å²) in [5.41, 5.74) is 1.81. The van der Waals surface area contributed by atoms with Crippen molar-refractivity contribution in [3.63, 3.8) is 0 Å². The van der Waals surface area contributed by atoms with Crippen LogP contribution in [-0.2, 0) is 0 Å². The molecule has 1 aliphatic rings. The maximum Gasteiger partial charge on any atom is 0.129 e. The number of aromatic nitrogens is 2. The zero-order valence-electron chi connectivity index (χ0n) is 9.23. The van der Waals surface area contributed by atoms with E-state index < -0.39 is 0 Å². The van der Waals surface area contributed by atoms with Gasteiger partial charge in [-0.1, -0.05) is 20.8 Å². The van der Waals surface area contributed by atoms with E-state index in [0.717, 1.165) is 17.2 Å². The van der Waals surface area contributed by atoms with Crippen LogP contribution in [0.5, 0.6) is 0 Å². The van der Waals surface area contributed by atoms with Gasteiger partial charge >= 0.3 is 0 Å². The normalized spacial score (nSPS) is 16.2. The van der Waals surface area contributed by atoms with Crippen LogP contribution in [0.2, 0.25) is 0 Å². The van der Waals surface area contributed by atoms with Crippen LogP contribution in [0.25, 0.3) is 0 Å². The zero-order chi connectivity index (χ0) is 10.9. The lowest BCUT2D eigenvalue weighted by Gasteiger charge is -2.14. The third kappa shape index (κ3) is 2.09. The first-order valence-corrected chi connectivity index (χ1v) is 4.96. The van der Waals surface area contributed by atoms with Crippen LogP contribution in [0.4, 0.5) is 0 Å². The maximum absolute atomic E-state index is 4.51. The van der Waals surface area contributed by atoms with Crippen molar-refractivity contribution in [2.45, 2.75) is 20.8 Å². The highest BCUT2D eigenvalue weighted by Gasteiger charge is 2.23. The molecule has 0 atom stereocenters. The molecular weight excluding hydrogens is 188 g/mol. The van der Waals surface area contributed by atoms with Gasteiger partial charge in [-0.05, 0) is 6.07 Å². The summed E-state index contributed by atoms with van der Waals surface area (Å²) in [6.45, 7) is 6.96. The van der Waals surface area contributed by atoms with Crippen LogP contribution < -0.4 is 0 Å². The molecule has 2 rings (SSSR count). The van der Waals surface area contributed by atoms with Crippen molar-refractivity contribution in [2.75, 3.05) is 6.54 Å². The Kier molecular flexibility index (Phi) is 2.34. The second kappa shape index (κ2) is 3.53. The van der Waals surface area contributed by atoms with Gasteiger partial charge in [0.1, 0.15) is 12.2 Å². The van der Waals surface area contributed by atoms with Crippen LogP contribution in [0.3, 0.4) is 0 Å². The summed E-state index contributed by atoms with van der Waals surface area (Å²) < 4.78 is 0. The van der Waals surface area contributed by atoms with E-state index in [1.165, 1.54) is 6.33 Å². The molecule has 1 aromatic rings. The molecule has 0 unspecified atom stereocenters. The van der Waals surface area contributed by atoms with Gasteiger partial charge in [-0.2, -0.15) is 0 Å². The van der Waals surface area contributed by atoms with Gasteiger partial charge in [0.25, 0.3) is 0 Å². The van der Waals surface area contributed by atoms with E-state index in [-0.39, 0.29) is 5.41 Å². The molecule has 0 fully saturated rings. The highest BCUT2D eigenvalue weighted by atomic mass is 15.0. The van der Waals surface area contributed by atoms with Crippen LogP contribution in [0.1, 0.15) is 26.5 Å². The largest absolute Gasteiger partial charge is 0.263 e. The molecule has 0 N–H and O–H groups in total. The Balaban J connectivity index is 2.25. The van der Waals surface area contributed by atoms with Gasteiger partial charge in [0, 0.05) is 11.6 Å². The molecular formula is C11H14N4. The first-order chi connectivity index (χ1) is 7.07. The monoisotopic (exact) mass is 202 g/mol. The molecule has 4 heteroatoms. The number of amidine groups is 1. The topological polar surface area (TPSA) is 50.5 Å². The van der Waals surface area contributed by atoms with E-state index >= 15 is 0 Å². The van der Waals surface area contributed by atoms with E-state index in [0.29, 0.717) is 6.54 Å². The molecule has 0 saturated carbocycles. The first-order valence-electron chi connectivity index (χ1n) is 4.96. The number of aliphatic imine (C=N–C) groups is 2. The lowest BCUT2D eigenvalue weighted by molar-refractivity contribution is 0.586. The Hall–Kier alpha value is -1.58. The van der Waals surface area contributed by atoms with Crippen molar-refractivity contribution in [3.05, 3.63) is 24.3 Å². The third-order valence-corrected chi connectivity index (χ3v) is 2.17. The molecule has 1 aromatic heterocycles. The third-order valence-electron chi connectivity index (χ3n) is 2.17. The van der Waals surface area contributed by atoms with Gasteiger partial charge in [0.05, 0.1) is 18.0 Å². The second-order valence-corrected chi connectivity index (χ2v) is 4.54. The molecule has 0 aliphatic carbocycles. The summed E-state index contributed by atoms with van der Waals surface area (Å²) in [4.78, 5) is 17.0. The molecule has 0 spiro atoms. The van der Waals surface area contributed by atoms with Crippen LogP contribution >= 0.6 is 0 Å². The van der Waals surface area contributed by atoms with Crippen molar-refractivity contribution >= 4 is 11.5 Å². The Morgan fingerprint density at radius 1 is 1.27 bits per heavy atom. The van der Waals surface area contributed by atoms with Crippen molar-refractivity contribution in [1.82, 2.24) is 9.97 Å². The summed E-state index contributed by atoms with van der Waals surface area (Å²) in [6.07, 6.45) is 3.26. The number of nitrogens with zero attached hydrogens (tertiary/aromatic N) is 4. The van der Waals surface area contributed by atoms with Gasteiger partial charge in [-0.3, -0.25) is 4.99 Å². The summed E-state index contributed by atoms with van der Waals surface area (Å²) >= 11 is 0. The van der Waals surface area contributed by atoms with E-state index in [1.807, 2.05) is 6.07 Å². The van der Waals surface area contributed by atoms with Crippen LogP contribution in [0, 0.1) is 5.41 Å². The molecule has 4 nitrogen and oxygen atoms in total. The summed E-state index contributed by atoms with van der Waals surface area (Å²) in [5, 5.41) is 0. The molecule has 1 aliphatic heterocycles. The lowest BCUT2D eigenvalue weighted by atomic mass is 9.95. The summed E-state index contributed by atoms with van der Waals surface area (Å²) in [6, 6.07) is 1.86. The number of hydrogen-bond donors (Lipinski definition) is 0. The molecule has 0 bridgehead atoms. The predicted molar refractivity (Wildman–Crippen MR) is 60.3 cm³/mol. The van der Waals surface area contributed by atoms with Gasteiger partial charge in [-0.25, -0.2) is 15.0 Å². The maximum atomic E-state index is 4.51. The molecule has 0 amide bonds. The Labute approximate surface area is 89.2 Å². The minimum Gasteiger partial charge on any atom is -0.263 e. The lowest BCUT2D eigenvalue weighted by Crippen LogP contribution is -2.16. The first kappa shape index (κ1) is 9.96. The van der Waals surface area contributed by atoms with Crippen LogP contribution in [0.15, 0.2) is 28.6 Å². The predicted octanol–water partition coefficient (Wildman–Crippen LogP) is 1.72. The Bertz CT molecular complexity index is 412. The van der Waals surface area contributed by atoms with E-state index in [9.17, 15) is 0 Å². The van der Waals surface area contributed by atoms with Gasteiger partial charge < -0.3 is 0 Å². The molecule has 0 radical (unpaired) electrons. The average molecular weight is 202 g/mol. The fraction of sp³-hybridized carbons (Fsp3) is 0.455. The molecule has 15 heavy (non-hydrogen) atoms. The van der Waals surface area contributed by atoms with Gasteiger partial charge in [-0.15, -0.1) is 0 Å². The second-order valence-electron chi connectivity index (χ2n) is 4.54. The standard InChI is InChI=1S/C11H14N4/c1-11(2,3)10-13-6-9(15-10)8-4-5-12-7-14-8/h4-5,7H,6H2,1-3H3. The van der Waals surface area contributed by atoms with E-state index in [4.69, 9.17) is 0 Å². The quantitative estimate of drug-likeness (QED) is 0.696. The molecule has 0 aromatic carbocycles. The van der Waals surface area contributed by atoms with Crippen molar-refractivity contribution in [1.29, 1.82) is 0 Å². The smallest absolute Gasteiger partial charge is 0.129 e. The zero-order valence-corrected chi connectivity index (χ0v) is 9.23. The van der Waals surface area contributed by atoms with Crippen molar-refractivity contribution < 1.29 is 0 Å². The summed E-state index contributed by atoms with van der Waals surface area (Å²) in [5.74, 6) is 0.899. The Morgan fingerprint density at radius 3 is 2.60 bits per heavy atom. The Morgan fingerprint density at radius 2 is 2.07 bits per heavy atom. The molecule has 78 valence electrons. The SMILES string of the molecule is CC(C)(C)C1=NCC(c2ccncn2)=N1. The fourth-order valence-electron chi connectivity index (χ4n) is 1.35. The van der Waals surface area contributed by atoms with Gasteiger partial charge in [0.15, 0.2) is 0 Å². The number of hydrogen-bond acceptors (Lipinski definition) is 4.